The first-order valence-corrected chi connectivity index (χ1v) is 6.61. The second-order valence-corrected chi connectivity index (χ2v) is 5.44. The molecule has 0 atom stereocenters. The van der Waals surface area contributed by atoms with Crippen molar-refractivity contribution >= 4 is 5.69 Å². The van der Waals surface area contributed by atoms with Gasteiger partial charge >= 0.3 is 0 Å². The Labute approximate surface area is 114 Å². The number of pyridine rings is 1. The van der Waals surface area contributed by atoms with Crippen molar-refractivity contribution in [3.05, 3.63) is 24.3 Å². The molecule has 1 aromatic rings. The highest BCUT2D eigenvalue weighted by atomic mass is 19.1. The first-order valence-electron chi connectivity index (χ1n) is 6.61. The average Bonchev–Trinajstić information content (AvgIpc) is 2.40. The van der Waals surface area contributed by atoms with Crippen molar-refractivity contribution in [1.29, 1.82) is 0 Å². The smallest absolute Gasteiger partial charge is 0.164 e. The molecule has 2 rings (SSSR count). The number of anilines is 1. The van der Waals surface area contributed by atoms with Crippen molar-refractivity contribution in [2.24, 2.45) is 0 Å². The molecule has 5 heteroatoms. The van der Waals surface area contributed by atoms with Gasteiger partial charge in [0.1, 0.15) is 0 Å². The molecule has 0 unspecified atom stereocenters. The third-order valence-electron chi connectivity index (χ3n) is 3.80. The van der Waals surface area contributed by atoms with Gasteiger partial charge in [-0.05, 0) is 33.0 Å². The largest absolute Gasteiger partial charge is 0.377 e. The normalized spacial score (nSPS) is 18.9. The van der Waals surface area contributed by atoms with Crippen molar-refractivity contribution in [1.82, 2.24) is 9.88 Å². The summed E-state index contributed by atoms with van der Waals surface area (Å²) in [6.07, 6.45) is 4.72. The molecule has 1 fully saturated rings. The van der Waals surface area contributed by atoms with E-state index in [9.17, 15) is 4.39 Å². The minimum absolute atomic E-state index is 0.108. The predicted octanol–water partition coefficient (Wildman–Crippen LogP) is 1.77. The van der Waals surface area contributed by atoms with E-state index in [1.54, 1.807) is 19.4 Å². The van der Waals surface area contributed by atoms with Gasteiger partial charge in [-0.25, -0.2) is 4.39 Å². The van der Waals surface area contributed by atoms with E-state index in [0.717, 1.165) is 32.5 Å². The molecule has 106 valence electrons. The van der Waals surface area contributed by atoms with Gasteiger partial charge in [0.25, 0.3) is 0 Å². The van der Waals surface area contributed by atoms with Gasteiger partial charge in [0, 0.05) is 32.9 Å². The van der Waals surface area contributed by atoms with Crippen LogP contribution in [0.25, 0.3) is 0 Å². The van der Waals surface area contributed by atoms with Crippen LogP contribution in [-0.2, 0) is 4.74 Å². The molecule has 0 saturated carbocycles. The van der Waals surface area contributed by atoms with E-state index in [2.05, 4.69) is 28.9 Å². The molecule has 4 nitrogen and oxygen atoms in total. The Hall–Kier alpha value is -1.20. The second-order valence-electron chi connectivity index (χ2n) is 5.44. The molecule has 0 N–H and O–H groups in total. The summed E-state index contributed by atoms with van der Waals surface area (Å²) in [7, 11) is 5.87. The number of aromatic nitrogens is 1. The number of halogens is 1. The Morgan fingerprint density at radius 1 is 1.42 bits per heavy atom. The van der Waals surface area contributed by atoms with E-state index in [1.165, 1.54) is 6.20 Å². The van der Waals surface area contributed by atoms with Gasteiger partial charge in [-0.3, -0.25) is 4.98 Å². The van der Waals surface area contributed by atoms with Crippen LogP contribution in [0.5, 0.6) is 0 Å². The Kier molecular flexibility index (Phi) is 4.37. The maximum Gasteiger partial charge on any atom is 0.164 e. The summed E-state index contributed by atoms with van der Waals surface area (Å²) >= 11 is 0. The molecule has 19 heavy (non-hydrogen) atoms. The summed E-state index contributed by atoms with van der Waals surface area (Å²) in [6.45, 7) is 2.52. The number of methoxy groups -OCH3 is 1. The highest BCUT2D eigenvalue weighted by Crippen LogP contribution is 2.30. The number of piperidine rings is 1. The molecule has 1 aliphatic heterocycles. The summed E-state index contributed by atoms with van der Waals surface area (Å²) in [6, 6.07) is 1.74. The van der Waals surface area contributed by atoms with Crippen molar-refractivity contribution in [2.75, 3.05) is 45.7 Å². The lowest BCUT2D eigenvalue weighted by Gasteiger charge is -2.43. The molecule has 2 heterocycles. The second kappa shape index (κ2) is 5.84. The van der Waals surface area contributed by atoms with Crippen LogP contribution in [0.3, 0.4) is 0 Å². The topological polar surface area (TPSA) is 28.6 Å². The van der Waals surface area contributed by atoms with Crippen LogP contribution in [0.4, 0.5) is 10.1 Å². The zero-order chi connectivity index (χ0) is 13.9. The minimum Gasteiger partial charge on any atom is -0.377 e. The number of ether oxygens (including phenoxy) is 1. The third-order valence-corrected chi connectivity index (χ3v) is 3.80. The summed E-state index contributed by atoms with van der Waals surface area (Å²) in [5.41, 5.74) is 0.535. The molecule has 0 aliphatic carbocycles. The molecule has 1 aromatic heterocycles. The highest BCUT2D eigenvalue weighted by molar-refractivity contribution is 5.46. The quantitative estimate of drug-likeness (QED) is 0.831. The number of hydrogen-bond donors (Lipinski definition) is 0. The molecule has 0 aromatic carbocycles. The number of likely N-dealkylation sites (N-methyl/N-ethyl adjacent to an activating group) is 1. The van der Waals surface area contributed by atoms with Crippen LogP contribution >= 0.6 is 0 Å². The number of nitrogens with zero attached hydrogens (tertiary/aromatic N) is 3. The highest BCUT2D eigenvalue weighted by Gasteiger charge is 2.35. The molecule has 0 amide bonds. The van der Waals surface area contributed by atoms with Crippen LogP contribution in [-0.4, -0.2) is 56.3 Å². The molecular weight excluding hydrogens is 245 g/mol. The van der Waals surface area contributed by atoms with Crippen LogP contribution in [0.1, 0.15) is 12.8 Å². The van der Waals surface area contributed by atoms with Gasteiger partial charge in [-0.15, -0.1) is 0 Å². The molecular formula is C14H22FN3O. The van der Waals surface area contributed by atoms with E-state index in [1.807, 2.05) is 0 Å². The lowest BCUT2D eigenvalue weighted by Crippen LogP contribution is -2.51. The van der Waals surface area contributed by atoms with Gasteiger partial charge in [-0.1, -0.05) is 0 Å². The van der Waals surface area contributed by atoms with E-state index in [4.69, 9.17) is 4.74 Å². The predicted molar refractivity (Wildman–Crippen MR) is 73.9 cm³/mol. The van der Waals surface area contributed by atoms with Crippen LogP contribution in [0, 0.1) is 5.82 Å². The van der Waals surface area contributed by atoms with Crippen LogP contribution < -0.4 is 4.90 Å². The van der Waals surface area contributed by atoms with Crippen molar-refractivity contribution in [3.63, 3.8) is 0 Å². The van der Waals surface area contributed by atoms with Crippen LogP contribution in [0.2, 0.25) is 0 Å². The summed E-state index contributed by atoms with van der Waals surface area (Å²) < 4.78 is 19.4. The Balaban J connectivity index is 2.04. The lowest BCUT2D eigenvalue weighted by molar-refractivity contribution is -0.0455. The first-order chi connectivity index (χ1) is 9.06. The van der Waals surface area contributed by atoms with Gasteiger partial charge in [0.15, 0.2) is 5.82 Å². The summed E-state index contributed by atoms with van der Waals surface area (Å²) in [5, 5.41) is 0. The minimum atomic E-state index is -0.250. The van der Waals surface area contributed by atoms with E-state index < -0.39 is 0 Å². The van der Waals surface area contributed by atoms with Gasteiger partial charge < -0.3 is 14.5 Å². The fourth-order valence-electron chi connectivity index (χ4n) is 2.78. The van der Waals surface area contributed by atoms with Crippen molar-refractivity contribution < 1.29 is 9.13 Å². The van der Waals surface area contributed by atoms with Crippen molar-refractivity contribution in [2.45, 2.75) is 18.4 Å². The molecule has 1 saturated heterocycles. The SMILES string of the molecule is COC1(CN(C)C)CCN(c2ccncc2F)CC1. The number of hydrogen-bond acceptors (Lipinski definition) is 4. The van der Waals surface area contributed by atoms with Gasteiger partial charge in [0.05, 0.1) is 17.5 Å². The average molecular weight is 267 g/mol. The molecule has 0 bridgehead atoms. The molecule has 1 aliphatic rings. The first kappa shape index (κ1) is 14.2. The Morgan fingerprint density at radius 3 is 2.63 bits per heavy atom. The lowest BCUT2D eigenvalue weighted by atomic mass is 9.90. The monoisotopic (exact) mass is 267 g/mol. The third kappa shape index (κ3) is 3.22. The van der Waals surface area contributed by atoms with E-state index in [-0.39, 0.29) is 11.4 Å². The van der Waals surface area contributed by atoms with E-state index in [0.29, 0.717) is 5.69 Å². The summed E-state index contributed by atoms with van der Waals surface area (Å²) in [4.78, 5) is 8.01. The standard InChI is InChI=1S/C14H22FN3O/c1-17(2)11-14(19-3)5-8-18(9-6-14)13-4-7-16-10-12(13)15/h4,7,10H,5-6,8-9,11H2,1-3H3. The zero-order valence-corrected chi connectivity index (χ0v) is 11.9. The number of rotatable bonds is 4. The Morgan fingerprint density at radius 2 is 2.11 bits per heavy atom. The Bertz CT molecular complexity index is 417. The summed E-state index contributed by atoms with van der Waals surface area (Å²) in [5.74, 6) is -0.250. The fourth-order valence-corrected chi connectivity index (χ4v) is 2.78. The van der Waals surface area contributed by atoms with Gasteiger partial charge in [-0.2, -0.15) is 0 Å². The van der Waals surface area contributed by atoms with Crippen LogP contribution in [0.15, 0.2) is 18.5 Å². The maximum absolute atomic E-state index is 13.7. The van der Waals surface area contributed by atoms with E-state index >= 15 is 0 Å². The van der Waals surface area contributed by atoms with Gasteiger partial charge in [0.2, 0.25) is 0 Å². The zero-order valence-electron chi connectivity index (χ0n) is 11.9. The fraction of sp³-hybridized carbons (Fsp3) is 0.643. The maximum atomic E-state index is 13.7. The molecule has 0 radical (unpaired) electrons. The van der Waals surface area contributed by atoms with Crippen molar-refractivity contribution in [3.8, 4) is 0 Å². The molecule has 0 spiro atoms.